The van der Waals surface area contributed by atoms with Gasteiger partial charge in [0, 0.05) is 37.8 Å². The first-order chi connectivity index (χ1) is 9.69. The standard InChI is InChI=1S/C15H20FN3O.2ClH/c1-2-3-13(19-8-6-18-7-9-19)14-11(10-17)4-5-12(16)15(14)20;;/h4-5,13,18,20H,2-3,6-9H2,1H3;2*1H/t13-;;/m1../s1. The zero-order chi connectivity index (χ0) is 14.5. The Kier molecular flexibility index (Phi) is 9.38. The second kappa shape index (κ2) is 9.86. The highest BCUT2D eigenvalue weighted by molar-refractivity contribution is 5.85. The molecule has 1 aliphatic rings. The van der Waals surface area contributed by atoms with Crippen molar-refractivity contribution in [3.05, 3.63) is 29.1 Å². The Bertz CT molecular complexity index is 516. The van der Waals surface area contributed by atoms with Crippen molar-refractivity contribution in [1.29, 1.82) is 5.26 Å². The molecule has 1 saturated heterocycles. The number of aromatic hydroxyl groups is 1. The Hall–Kier alpha value is -1.06. The monoisotopic (exact) mass is 349 g/mol. The van der Waals surface area contributed by atoms with E-state index in [4.69, 9.17) is 0 Å². The topological polar surface area (TPSA) is 59.3 Å². The molecule has 2 N–H and O–H groups in total. The normalized spacial score (nSPS) is 16.0. The first-order valence-electron chi connectivity index (χ1n) is 7.05. The predicted molar refractivity (Wildman–Crippen MR) is 89.4 cm³/mol. The summed E-state index contributed by atoms with van der Waals surface area (Å²) in [5.74, 6) is -1.03. The zero-order valence-electron chi connectivity index (χ0n) is 12.5. The molecule has 1 aromatic carbocycles. The van der Waals surface area contributed by atoms with E-state index in [9.17, 15) is 14.8 Å². The van der Waals surface area contributed by atoms with Crippen LogP contribution in [-0.4, -0.2) is 36.2 Å². The molecular weight excluding hydrogens is 328 g/mol. The smallest absolute Gasteiger partial charge is 0.165 e. The van der Waals surface area contributed by atoms with Gasteiger partial charge in [-0.1, -0.05) is 13.3 Å². The van der Waals surface area contributed by atoms with Crippen LogP contribution in [0.5, 0.6) is 5.75 Å². The fourth-order valence-corrected chi connectivity index (χ4v) is 2.79. The number of benzene rings is 1. The lowest BCUT2D eigenvalue weighted by molar-refractivity contribution is 0.161. The van der Waals surface area contributed by atoms with Gasteiger partial charge >= 0.3 is 0 Å². The summed E-state index contributed by atoms with van der Waals surface area (Å²) < 4.78 is 13.7. The lowest BCUT2D eigenvalue weighted by Gasteiger charge is -2.35. The zero-order valence-corrected chi connectivity index (χ0v) is 14.1. The molecular formula is C15H22Cl2FN3O. The highest BCUT2D eigenvalue weighted by atomic mass is 35.5. The van der Waals surface area contributed by atoms with E-state index in [1.54, 1.807) is 0 Å². The van der Waals surface area contributed by atoms with Crippen molar-refractivity contribution in [2.24, 2.45) is 0 Å². The fourth-order valence-electron chi connectivity index (χ4n) is 2.79. The maximum atomic E-state index is 13.7. The molecule has 0 bridgehead atoms. The van der Waals surface area contributed by atoms with Crippen LogP contribution >= 0.6 is 24.8 Å². The van der Waals surface area contributed by atoms with Crippen molar-refractivity contribution in [2.45, 2.75) is 25.8 Å². The molecule has 1 aliphatic heterocycles. The highest BCUT2D eigenvalue weighted by Crippen LogP contribution is 2.36. The van der Waals surface area contributed by atoms with Crippen LogP contribution < -0.4 is 5.32 Å². The lowest BCUT2D eigenvalue weighted by atomic mass is 9.94. The maximum absolute atomic E-state index is 13.7. The van der Waals surface area contributed by atoms with Crippen LogP contribution in [0.15, 0.2) is 12.1 Å². The molecule has 2 rings (SSSR count). The molecule has 0 amide bonds. The minimum absolute atomic E-state index is 0. The Morgan fingerprint density at radius 1 is 1.36 bits per heavy atom. The van der Waals surface area contributed by atoms with Crippen LogP contribution in [0.2, 0.25) is 0 Å². The molecule has 1 fully saturated rings. The van der Waals surface area contributed by atoms with Gasteiger partial charge in [0.1, 0.15) is 0 Å². The van der Waals surface area contributed by atoms with E-state index in [-0.39, 0.29) is 36.6 Å². The molecule has 1 aromatic rings. The maximum Gasteiger partial charge on any atom is 0.165 e. The van der Waals surface area contributed by atoms with Crippen LogP contribution in [0.1, 0.15) is 36.9 Å². The van der Waals surface area contributed by atoms with Gasteiger partial charge in [0.25, 0.3) is 0 Å². The van der Waals surface area contributed by atoms with Crippen molar-refractivity contribution < 1.29 is 9.50 Å². The number of phenols is 1. The largest absolute Gasteiger partial charge is 0.505 e. The number of halogens is 3. The van der Waals surface area contributed by atoms with Crippen molar-refractivity contribution in [2.75, 3.05) is 26.2 Å². The average molecular weight is 350 g/mol. The third kappa shape index (κ3) is 4.47. The van der Waals surface area contributed by atoms with Gasteiger partial charge in [-0.3, -0.25) is 4.90 Å². The molecule has 0 radical (unpaired) electrons. The van der Waals surface area contributed by atoms with E-state index >= 15 is 0 Å². The fraction of sp³-hybridized carbons (Fsp3) is 0.533. The van der Waals surface area contributed by atoms with Gasteiger partial charge in [0.15, 0.2) is 11.6 Å². The third-order valence-corrected chi connectivity index (χ3v) is 3.78. The molecule has 4 nitrogen and oxygen atoms in total. The summed E-state index contributed by atoms with van der Waals surface area (Å²) >= 11 is 0. The van der Waals surface area contributed by atoms with E-state index in [2.05, 4.69) is 23.2 Å². The summed E-state index contributed by atoms with van der Waals surface area (Å²) in [4.78, 5) is 2.22. The van der Waals surface area contributed by atoms with Gasteiger partial charge in [-0.25, -0.2) is 4.39 Å². The van der Waals surface area contributed by atoms with Gasteiger partial charge < -0.3 is 10.4 Å². The predicted octanol–water partition coefficient (Wildman–Crippen LogP) is 2.99. The number of hydrogen-bond acceptors (Lipinski definition) is 4. The number of rotatable bonds is 4. The Labute approximate surface area is 143 Å². The molecule has 7 heteroatoms. The summed E-state index contributed by atoms with van der Waals surface area (Å²) in [5.41, 5.74) is 0.803. The van der Waals surface area contributed by atoms with Crippen LogP contribution in [0.4, 0.5) is 4.39 Å². The minimum atomic E-state index is -0.657. The molecule has 0 unspecified atom stereocenters. The van der Waals surface area contributed by atoms with Crippen molar-refractivity contribution in [1.82, 2.24) is 10.2 Å². The molecule has 1 heterocycles. The van der Waals surface area contributed by atoms with Gasteiger partial charge in [-0.2, -0.15) is 5.26 Å². The SMILES string of the molecule is CCC[C@H](c1c(C#N)ccc(F)c1O)N1CCNCC1.Cl.Cl. The summed E-state index contributed by atoms with van der Waals surface area (Å²) in [5, 5.41) is 22.6. The van der Waals surface area contributed by atoms with E-state index in [1.165, 1.54) is 6.07 Å². The lowest BCUT2D eigenvalue weighted by Crippen LogP contribution is -2.45. The molecule has 0 aliphatic carbocycles. The van der Waals surface area contributed by atoms with Crippen LogP contribution in [0.25, 0.3) is 0 Å². The first-order valence-corrected chi connectivity index (χ1v) is 7.05. The van der Waals surface area contributed by atoms with Gasteiger partial charge in [0.05, 0.1) is 11.6 Å². The number of nitriles is 1. The number of piperazine rings is 1. The molecule has 0 spiro atoms. The van der Waals surface area contributed by atoms with E-state index in [1.807, 2.05) is 0 Å². The number of phenolic OH excluding ortho intramolecular Hbond substituents is 1. The quantitative estimate of drug-likeness (QED) is 0.877. The summed E-state index contributed by atoms with van der Waals surface area (Å²) in [7, 11) is 0. The number of nitrogens with zero attached hydrogens (tertiary/aromatic N) is 2. The first kappa shape index (κ1) is 20.9. The van der Waals surface area contributed by atoms with Crippen molar-refractivity contribution in [3.63, 3.8) is 0 Å². The van der Waals surface area contributed by atoms with E-state index < -0.39 is 5.82 Å². The van der Waals surface area contributed by atoms with E-state index in [0.29, 0.717) is 11.1 Å². The summed E-state index contributed by atoms with van der Waals surface area (Å²) in [6.45, 7) is 5.48. The molecule has 0 saturated carbocycles. The van der Waals surface area contributed by atoms with Crippen LogP contribution in [0.3, 0.4) is 0 Å². The average Bonchev–Trinajstić information content (AvgIpc) is 2.49. The van der Waals surface area contributed by atoms with Crippen LogP contribution in [-0.2, 0) is 0 Å². The summed E-state index contributed by atoms with van der Waals surface area (Å²) in [6, 6.07) is 4.57. The van der Waals surface area contributed by atoms with Gasteiger partial charge in [0.2, 0.25) is 0 Å². The molecule has 1 atom stereocenters. The third-order valence-electron chi connectivity index (χ3n) is 3.78. The van der Waals surface area contributed by atoms with E-state index in [0.717, 1.165) is 45.1 Å². The Morgan fingerprint density at radius 2 is 2.00 bits per heavy atom. The highest BCUT2D eigenvalue weighted by Gasteiger charge is 2.27. The van der Waals surface area contributed by atoms with Crippen molar-refractivity contribution >= 4 is 24.8 Å². The minimum Gasteiger partial charge on any atom is -0.505 e. The second-order valence-corrected chi connectivity index (χ2v) is 5.06. The summed E-state index contributed by atoms with van der Waals surface area (Å²) in [6.07, 6.45) is 1.71. The number of nitrogens with one attached hydrogen (secondary N) is 1. The second-order valence-electron chi connectivity index (χ2n) is 5.06. The molecule has 124 valence electrons. The molecule has 22 heavy (non-hydrogen) atoms. The van der Waals surface area contributed by atoms with Gasteiger partial charge in [-0.15, -0.1) is 24.8 Å². The number of hydrogen-bond donors (Lipinski definition) is 2. The molecule has 0 aromatic heterocycles. The van der Waals surface area contributed by atoms with Gasteiger partial charge in [-0.05, 0) is 18.6 Å². The van der Waals surface area contributed by atoms with Crippen LogP contribution in [0, 0.1) is 17.1 Å². The Balaban J connectivity index is 0.00000220. The van der Waals surface area contributed by atoms with Crippen molar-refractivity contribution in [3.8, 4) is 11.8 Å². The Morgan fingerprint density at radius 3 is 2.55 bits per heavy atom.